The topological polar surface area (TPSA) is 142 Å². The van der Waals surface area contributed by atoms with Crippen molar-refractivity contribution in [3.05, 3.63) is 29.0 Å². The number of oxazole rings is 1. The number of morpholine rings is 1. The number of aryl methyl sites for hydroxylation is 1. The number of fused-ring (bicyclic) bond motifs is 3. The van der Waals surface area contributed by atoms with Gasteiger partial charge >= 0.3 is 0 Å². The van der Waals surface area contributed by atoms with Gasteiger partial charge < -0.3 is 25.4 Å². The zero-order valence-electron chi connectivity index (χ0n) is 20.9. The van der Waals surface area contributed by atoms with E-state index in [9.17, 15) is 4.79 Å². The largest absolute Gasteiger partial charge is 0.490 e. The predicted molar refractivity (Wildman–Crippen MR) is 141 cm³/mol. The normalized spacial score (nSPS) is 25.2. The SMILES string of the molecule is NC(=O)[C@@H](N)C[C@H]1CCc2sc3nc(Nc4ncco4)cc(O[C@H]4CC[C@H](N5CCOCC5)CC4)c3c21. The van der Waals surface area contributed by atoms with Crippen LogP contribution in [0.1, 0.15) is 54.9 Å². The molecule has 2 aliphatic carbocycles. The molecule has 0 spiro atoms. The van der Waals surface area contributed by atoms with Crippen molar-refractivity contribution in [3.63, 3.8) is 0 Å². The third-order valence-electron chi connectivity index (χ3n) is 7.94. The van der Waals surface area contributed by atoms with Crippen molar-refractivity contribution < 1.29 is 18.7 Å². The Hall–Kier alpha value is -2.73. The first-order chi connectivity index (χ1) is 18.0. The second-order valence-corrected chi connectivity index (χ2v) is 11.3. The minimum absolute atomic E-state index is 0.140. The van der Waals surface area contributed by atoms with E-state index >= 15 is 0 Å². The number of amides is 1. The number of nitrogens with one attached hydrogen (secondary N) is 1. The molecular formula is C26H34N6O4S. The highest BCUT2D eigenvalue weighted by atomic mass is 32.1. The number of carbonyl (C=O) groups is 1. The predicted octanol–water partition coefficient (Wildman–Crippen LogP) is 3.28. The minimum atomic E-state index is -0.662. The number of primary amides is 1. The van der Waals surface area contributed by atoms with Gasteiger partial charge in [0.1, 0.15) is 22.7 Å². The van der Waals surface area contributed by atoms with E-state index in [1.54, 1.807) is 17.5 Å². The van der Waals surface area contributed by atoms with Crippen molar-refractivity contribution >= 4 is 39.3 Å². The fourth-order valence-corrected chi connectivity index (χ4v) is 7.35. The summed E-state index contributed by atoms with van der Waals surface area (Å²) in [5.74, 6) is 1.17. The zero-order valence-corrected chi connectivity index (χ0v) is 21.7. The molecule has 2 fully saturated rings. The maximum Gasteiger partial charge on any atom is 0.300 e. The highest BCUT2D eigenvalue weighted by molar-refractivity contribution is 7.19. The summed E-state index contributed by atoms with van der Waals surface area (Å²) in [5.41, 5.74) is 12.8. The summed E-state index contributed by atoms with van der Waals surface area (Å²) in [7, 11) is 0. The fourth-order valence-electron chi connectivity index (χ4n) is 6.06. The summed E-state index contributed by atoms with van der Waals surface area (Å²) < 4.78 is 17.7. The van der Waals surface area contributed by atoms with Crippen LogP contribution in [0.5, 0.6) is 5.75 Å². The van der Waals surface area contributed by atoms with Gasteiger partial charge in [-0.1, -0.05) is 0 Å². The molecule has 1 saturated carbocycles. The first-order valence-electron chi connectivity index (χ1n) is 13.2. The number of nitrogens with two attached hydrogens (primary N) is 2. The number of ether oxygens (including phenoxy) is 2. The van der Waals surface area contributed by atoms with E-state index in [-0.39, 0.29) is 12.0 Å². The second-order valence-electron chi connectivity index (χ2n) is 10.3. The molecule has 3 aromatic heterocycles. The number of thiophene rings is 1. The Morgan fingerprint density at radius 1 is 1.24 bits per heavy atom. The lowest BCUT2D eigenvalue weighted by atomic mass is 9.91. The Kier molecular flexibility index (Phi) is 7.02. The van der Waals surface area contributed by atoms with Crippen molar-refractivity contribution in [2.75, 3.05) is 31.6 Å². The van der Waals surface area contributed by atoms with Crippen LogP contribution in [0, 0.1) is 0 Å². The number of carbonyl (C=O) groups excluding carboxylic acids is 1. The van der Waals surface area contributed by atoms with E-state index < -0.39 is 11.9 Å². The maximum absolute atomic E-state index is 11.7. The molecule has 10 nitrogen and oxygen atoms in total. The number of hydrogen-bond acceptors (Lipinski definition) is 10. The molecule has 37 heavy (non-hydrogen) atoms. The van der Waals surface area contributed by atoms with Gasteiger partial charge in [0, 0.05) is 30.1 Å². The first kappa shape index (κ1) is 24.6. The smallest absolute Gasteiger partial charge is 0.300 e. The Morgan fingerprint density at radius 2 is 2.05 bits per heavy atom. The van der Waals surface area contributed by atoms with Gasteiger partial charge in [-0.25, -0.2) is 9.97 Å². The molecule has 11 heteroatoms. The molecule has 198 valence electrons. The molecule has 0 aromatic carbocycles. The summed E-state index contributed by atoms with van der Waals surface area (Å²) in [6.07, 6.45) is 9.96. The van der Waals surface area contributed by atoms with Gasteiger partial charge in [0.15, 0.2) is 0 Å². The van der Waals surface area contributed by atoms with Crippen LogP contribution >= 0.6 is 11.3 Å². The summed E-state index contributed by atoms with van der Waals surface area (Å²) in [5, 5.41) is 4.21. The molecule has 1 amide bonds. The fraction of sp³-hybridized carbons (Fsp3) is 0.577. The molecule has 3 aliphatic rings. The summed E-state index contributed by atoms with van der Waals surface area (Å²) in [4.78, 5) is 25.5. The van der Waals surface area contributed by atoms with Gasteiger partial charge in [0.2, 0.25) is 5.91 Å². The van der Waals surface area contributed by atoms with Crippen LogP contribution in [0.2, 0.25) is 0 Å². The summed E-state index contributed by atoms with van der Waals surface area (Å²) in [6.45, 7) is 3.70. The first-order valence-corrected chi connectivity index (χ1v) is 14.0. The number of aromatic nitrogens is 2. The van der Waals surface area contributed by atoms with Crippen molar-refractivity contribution in [2.24, 2.45) is 11.5 Å². The molecule has 3 aromatic rings. The second kappa shape index (κ2) is 10.6. The summed E-state index contributed by atoms with van der Waals surface area (Å²) in [6, 6.07) is 2.29. The molecule has 0 unspecified atom stereocenters. The van der Waals surface area contributed by atoms with E-state index in [1.165, 1.54) is 16.7 Å². The molecule has 0 radical (unpaired) electrons. The monoisotopic (exact) mass is 526 g/mol. The molecule has 1 aliphatic heterocycles. The van der Waals surface area contributed by atoms with E-state index in [0.29, 0.717) is 24.3 Å². The number of hydrogen-bond donors (Lipinski definition) is 3. The van der Waals surface area contributed by atoms with E-state index in [4.69, 9.17) is 30.3 Å². The zero-order chi connectivity index (χ0) is 25.4. The highest BCUT2D eigenvalue weighted by Crippen LogP contribution is 2.49. The van der Waals surface area contributed by atoms with E-state index in [0.717, 1.165) is 80.8 Å². The number of rotatable bonds is 8. The Bertz CT molecular complexity index is 1230. The lowest BCUT2D eigenvalue weighted by molar-refractivity contribution is -0.119. The van der Waals surface area contributed by atoms with Crippen LogP contribution < -0.4 is 21.5 Å². The van der Waals surface area contributed by atoms with Crippen molar-refractivity contribution in [1.82, 2.24) is 14.9 Å². The number of pyridine rings is 1. The Balaban J connectivity index is 1.27. The summed E-state index contributed by atoms with van der Waals surface area (Å²) >= 11 is 1.69. The van der Waals surface area contributed by atoms with Gasteiger partial charge in [-0.3, -0.25) is 15.0 Å². The molecular weight excluding hydrogens is 492 g/mol. The maximum atomic E-state index is 11.7. The van der Waals surface area contributed by atoms with Crippen LogP contribution in [0.3, 0.4) is 0 Å². The molecule has 0 bridgehead atoms. The third-order valence-corrected chi connectivity index (χ3v) is 9.10. The minimum Gasteiger partial charge on any atom is -0.490 e. The van der Waals surface area contributed by atoms with Crippen LogP contribution in [0.15, 0.2) is 22.9 Å². The molecule has 1 saturated heterocycles. The molecule has 5 N–H and O–H groups in total. The van der Waals surface area contributed by atoms with Gasteiger partial charge in [0.25, 0.3) is 6.01 Å². The Morgan fingerprint density at radius 3 is 2.78 bits per heavy atom. The van der Waals surface area contributed by atoms with Crippen molar-refractivity contribution in [2.45, 2.75) is 69.1 Å². The number of anilines is 2. The average Bonchev–Trinajstić information content (AvgIpc) is 3.63. The van der Waals surface area contributed by atoms with Crippen LogP contribution in [-0.4, -0.2) is 65.3 Å². The van der Waals surface area contributed by atoms with E-state index in [1.807, 2.05) is 6.07 Å². The highest BCUT2D eigenvalue weighted by Gasteiger charge is 2.33. The van der Waals surface area contributed by atoms with Crippen molar-refractivity contribution in [3.8, 4) is 5.75 Å². The molecule has 6 rings (SSSR count). The van der Waals surface area contributed by atoms with Gasteiger partial charge in [-0.05, 0) is 56.4 Å². The number of nitrogens with zero attached hydrogens (tertiary/aromatic N) is 3. The van der Waals surface area contributed by atoms with Crippen molar-refractivity contribution in [1.29, 1.82) is 0 Å². The lowest BCUT2D eigenvalue weighted by Crippen LogP contribution is -2.46. The Labute approximate surface area is 219 Å². The van der Waals surface area contributed by atoms with E-state index in [2.05, 4.69) is 15.2 Å². The molecule has 2 atom stereocenters. The van der Waals surface area contributed by atoms with Crippen LogP contribution in [0.4, 0.5) is 11.8 Å². The lowest BCUT2D eigenvalue weighted by Gasteiger charge is -2.38. The quantitative estimate of drug-likeness (QED) is 0.403. The van der Waals surface area contributed by atoms with Crippen LogP contribution in [-0.2, 0) is 16.0 Å². The van der Waals surface area contributed by atoms with Crippen LogP contribution in [0.25, 0.3) is 10.2 Å². The average molecular weight is 527 g/mol. The van der Waals surface area contributed by atoms with Gasteiger partial charge in [-0.15, -0.1) is 11.3 Å². The standard InChI is InChI=1S/C26H34N6O4S/c27-18(24(28)33)13-15-1-6-20-22(15)23-19(14-21(30-25(23)37-20)31-26-29-7-10-35-26)36-17-4-2-16(3-5-17)32-8-11-34-12-9-32/h7,10,14-18H,1-6,8-9,11-13,27H2,(H2,28,33)(H,29,30,31)/t15-,16-,17-,18+/m1/s1. The van der Waals surface area contributed by atoms with Gasteiger partial charge in [0.05, 0.1) is 36.9 Å². The third kappa shape index (κ3) is 5.18. The molecule has 4 heterocycles. The van der Waals surface area contributed by atoms with Gasteiger partial charge in [-0.2, -0.15) is 0 Å².